The standard InChI is InChI=1S/C18H24O.C8H16N2.C2H5Cl/c1-14-8-15-10-17(2,13-19)12-18(9-14,11-15)16-6-4-3-5-7-16;1-10-7-4-8(5-7)2-6(9)3-8;1-2-3/h3-7,13-15H,8-12H2,1-2H3;6-7,10H,2-5,9H2,1H3;2H2,1H3. The van der Waals surface area contributed by atoms with Crippen LogP contribution in [-0.4, -0.2) is 31.3 Å². The van der Waals surface area contributed by atoms with Gasteiger partial charge in [-0.25, -0.2) is 0 Å². The van der Waals surface area contributed by atoms with E-state index in [1.165, 1.54) is 56.8 Å². The van der Waals surface area contributed by atoms with E-state index in [-0.39, 0.29) is 10.8 Å². The van der Waals surface area contributed by atoms with Crippen molar-refractivity contribution in [2.24, 2.45) is 28.4 Å². The number of nitrogens with two attached hydrogens (primary N) is 1. The summed E-state index contributed by atoms with van der Waals surface area (Å²) in [4.78, 5) is 11.6. The summed E-state index contributed by atoms with van der Waals surface area (Å²) in [6, 6.07) is 12.2. The molecule has 4 aliphatic carbocycles. The molecule has 2 bridgehead atoms. The smallest absolute Gasteiger partial charge is 0.125 e. The van der Waals surface area contributed by atoms with Gasteiger partial charge in [0, 0.05) is 23.4 Å². The molecule has 32 heavy (non-hydrogen) atoms. The first-order valence-electron chi connectivity index (χ1n) is 12.7. The normalized spacial score (nSPS) is 41.7. The van der Waals surface area contributed by atoms with Crippen molar-refractivity contribution in [1.82, 2.24) is 5.32 Å². The minimum atomic E-state index is -0.112. The molecule has 180 valence electrons. The lowest BCUT2D eigenvalue weighted by Gasteiger charge is -2.57. The highest BCUT2D eigenvalue weighted by molar-refractivity contribution is 6.17. The Morgan fingerprint density at radius 3 is 2.25 bits per heavy atom. The second-order valence-electron chi connectivity index (χ2n) is 11.7. The van der Waals surface area contributed by atoms with E-state index in [2.05, 4.69) is 56.5 Å². The molecule has 4 unspecified atom stereocenters. The second-order valence-corrected chi connectivity index (χ2v) is 12.3. The topological polar surface area (TPSA) is 55.1 Å². The molecule has 0 aliphatic heterocycles. The summed E-state index contributed by atoms with van der Waals surface area (Å²) < 4.78 is 0. The Morgan fingerprint density at radius 1 is 1.09 bits per heavy atom. The van der Waals surface area contributed by atoms with E-state index in [4.69, 9.17) is 17.3 Å². The molecule has 3 nitrogen and oxygen atoms in total. The fourth-order valence-corrected chi connectivity index (χ4v) is 7.64. The largest absolute Gasteiger partial charge is 0.328 e. The van der Waals surface area contributed by atoms with Crippen molar-refractivity contribution in [3.05, 3.63) is 35.9 Å². The van der Waals surface area contributed by atoms with Gasteiger partial charge in [-0.1, -0.05) is 51.1 Å². The lowest BCUT2D eigenvalue weighted by atomic mass is 9.51. The Kier molecular flexibility index (Phi) is 8.50. The molecule has 5 rings (SSSR count). The average molecular weight is 461 g/mol. The minimum absolute atomic E-state index is 0.112. The van der Waals surface area contributed by atoms with E-state index in [0.717, 1.165) is 36.6 Å². The van der Waals surface area contributed by atoms with E-state index in [1.807, 2.05) is 6.92 Å². The Balaban J connectivity index is 0.000000186. The lowest BCUT2D eigenvalue weighted by Crippen LogP contribution is -2.58. The number of carbonyl (C=O) groups is 1. The number of hydrogen-bond donors (Lipinski definition) is 2. The van der Waals surface area contributed by atoms with E-state index < -0.39 is 0 Å². The molecular weight excluding hydrogens is 416 g/mol. The van der Waals surface area contributed by atoms with E-state index >= 15 is 0 Å². The third-order valence-corrected chi connectivity index (χ3v) is 8.48. The monoisotopic (exact) mass is 460 g/mol. The van der Waals surface area contributed by atoms with Crippen molar-refractivity contribution in [3.8, 4) is 0 Å². The molecule has 0 aromatic heterocycles. The van der Waals surface area contributed by atoms with Gasteiger partial charge in [-0.05, 0) is 93.1 Å². The molecule has 4 aliphatic rings. The van der Waals surface area contributed by atoms with E-state index in [0.29, 0.717) is 11.5 Å². The highest BCUT2D eigenvalue weighted by Gasteiger charge is 2.51. The summed E-state index contributed by atoms with van der Waals surface area (Å²) in [6.07, 6.45) is 12.5. The summed E-state index contributed by atoms with van der Waals surface area (Å²) in [5.41, 5.74) is 8.02. The SMILES string of the molecule is CC1CC2CC(C)(C=O)CC(c3ccccc3)(C1)C2.CCCl.CNC1CC2(CC(N)C2)C1. The molecule has 4 atom stereocenters. The molecular formula is C28H45ClN2O. The molecule has 0 heterocycles. The zero-order valence-electron chi connectivity index (χ0n) is 20.7. The third-order valence-electron chi connectivity index (χ3n) is 8.48. The molecule has 1 spiro atoms. The number of rotatable bonds is 3. The van der Waals surface area contributed by atoms with Crippen molar-refractivity contribution < 1.29 is 4.79 Å². The molecule has 4 saturated carbocycles. The zero-order chi connectivity index (χ0) is 23.4. The molecule has 1 aromatic carbocycles. The van der Waals surface area contributed by atoms with Gasteiger partial charge in [-0.3, -0.25) is 0 Å². The van der Waals surface area contributed by atoms with Crippen LogP contribution in [0.2, 0.25) is 0 Å². The number of aldehydes is 1. The van der Waals surface area contributed by atoms with Crippen molar-refractivity contribution in [1.29, 1.82) is 0 Å². The van der Waals surface area contributed by atoms with Gasteiger partial charge in [-0.2, -0.15) is 0 Å². The van der Waals surface area contributed by atoms with Crippen LogP contribution in [0.1, 0.15) is 84.1 Å². The molecule has 0 saturated heterocycles. The fraction of sp³-hybridized carbons (Fsp3) is 0.750. The molecule has 1 aromatic rings. The summed E-state index contributed by atoms with van der Waals surface area (Å²) in [6.45, 7) is 6.44. The number of carbonyl (C=O) groups excluding carboxylic acids is 1. The maximum Gasteiger partial charge on any atom is 0.125 e. The van der Waals surface area contributed by atoms with Crippen LogP contribution in [-0.2, 0) is 10.2 Å². The average Bonchev–Trinajstić information content (AvgIpc) is 2.70. The van der Waals surface area contributed by atoms with Gasteiger partial charge in [0.2, 0.25) is 0 Å². The molecule has 3 N–H and O–H groups in total. The van der Waals surface area contributed by atoms with Gasteiger partial charge in [-0.15, -0.1) is 11.6 Å². The predicted molar refractivity (Wildman–Crippen MR) is 136 cm³/mol. The van der Waals surface area contributed by atoms with Gasteiger partial charge in [0.1, 0.15) is 6.29 Å². The highest BCUT2D eigenvalue weighted by atomic mass is 35.5. The number of hydrogen-bond acceptors (Lipinski definition) is 3. The summed E-state index contributed by atoms with van der Waals surface area (Å²) in [5, 5.41) is 3.30. The first kappa shape index (κ1) is 25.7. The van der Waals surface area contributed by atoms with Crippen LogP contribution in [0.25, 0.3) is 0 Å². The fourth-order valence-electron chi connectivity index (χ4n) is 7.64. The molecule has 4 fully saturated rings. The lowest BCUT2D eigenvalue weighted by molar-refractivity contribution is -0.121. The minimum Gasteiger partial charge on any atom is -0.328 e. The van der Waals surface area contributed by atoms with E-state index in [9.17, 15) is 4.79 Å². The second kappa shape index (κ2) is 10.6. The Morgan fingerprint density at radius 2 is 1.72 bits per heavy atom. The molecule has 0 radical (unpaired) electrons. The Labute approximate surface area is 201 Å². The van der Waals surface area contributed by atoms with Crippen LogP contribution in [0.3, 0.4) is 0 Å². The molecule has 4 heteroatoms. The quantitative estimate of drug-likeness (QED) is 0.424. The van der Waals surface area contributed by atoms with Gasteiger partial charge >= 0.3 is 0 Å². The highest BCUT2D eigenvalue weighted by Crippen LogP contribution is 2.57. The number of halogens is 1. The maximum atomic E-state index is 11.6. The van der Waals surface area contributed by atoms with Crippen molar-refractivity contribution in [2.45, 2.75) is 96.1 Å². The maximum absolute atomic E-state index is 11.6. The van der Waals surface area contributed by atoms with Crippen LogP contribution >= 0.6 is 11.6 Å². The van der Waals surface area contributed by atoms with E-state index in [1.54, 1.807) is 0 Å². The number of nitrogens with one attached hydrogen (secondary N) is 1. The number of benzene rings is 1. The first-order chi connectivity index (χ1) is 15.2. The van der Waals surface area contributed by atoms with Gasteiger partial charge in [0.05, 0.1) is 0 Å². The third kappa shape index (κ3) is 5.77. The van der Waals surface area contributed by atoms with Crippen molar-refractivity contribution >= 4 is 17.9 Å². The van der Waals surface area contributed by atoms with Crippen molar-refractivity contribution in [3.63, 3.8) is 0 Å². The summed E-state index contributed by atoms with van der Waals surface area (Å²) >= 11 is 5.00. The molecule has 0 amide bonds. The summed E-state index contributed by atoms with van der Waals surface area (Å²) in [5.74, 6) is 2.24. The van der Waals surface area contributed by atoms with Crippen LogP contribution in [0, 0.1) is 22.7 Å². The summed E-state index contributed by atoms with van der Waals surface area (Å²) in [7, 11) is 2.05. The number of fused-ring (bicyclic) bond motifs is 2. The van der Waals surface area contributed by atoms with Crippen LogP contribution in [0.5, 0.6) is 0 Å². The Bertz CT molecular complexity index is 722. The van der Waals surface area contributed by atoms with Gasteiger partial charge < -0.3 is 15.8 Å². The first-order valence-corrected chi connectivity index (χ1v) is 13.2. The van der Waals surface area contributed by atoms with Crippen LogP contribution < -0.4 is 11.1 Å². The Hall–Kier alpha value is -0.900. The van der Waals surface area contributed by atoms with Gasteiger partial charge in [0.25, 0.3) is 0 Å². The van der Waals surface area contributed by atoms with Crippen LogP contribution in [0.15, 0.2) is 30.3 Å². The van der Waals surface area contributed by atoms with Crippen LogP contribution in [0.4, 0.5) is 0 Å². The number of alkyl halides is 1. The zero-order valence-corrected chi connectivity index (χ0v) is 21.5. The van der Waals surface area contributed by atoms with Crippen molar-refractivity contribution in [2.75, 3.05) is 12.9 Å². The predicted octanol–water partition coefficient (Wildman–Crippen LogP) is 6.08. The van der Waals surface area contributed by atoms with Gasteiger partial charge in [0.15, 0.2) is 0 Å².